The lowest BCUT2D eigenvalue weighted by Gasteiger charge is -2.27. The third-order valence-electron chi connectivity index (χ3n) is 4.64. The Bertz CT molecular complexity index is 527. The first-order chi connectivity index (χ1) is 10.5. The zero-order chi connectivity index (χ0) is 15.7. The molecule has 8 heteroatoms. The maximum Gasteiger partial charge on any atom is 0.325 e. The summed E-state index contributed by atoms with van der Waals surface area (Å²) < 4.78 is 0. The van der Waals surface area contributed by atoms with Gasteiger partial charge in [-0.1, -0.05) is 12.8 Å². The van der Waals surface area contributed by atoms with Gasteiger partial charge in [0.2, 0.25) is 11.8 Å². The Morgan fingerprint density at radius 1 is 1.18 bits per heavy atom. The summed E-state index contributed by atoms with van der Waals surface area (Å²) >= 11 is 0. The molecule has 1 saturated carbocycles. The van der Waals surface area contributed by atoms with E-state index in [0.29, 0.717) is 25.9 Å². The summed E-state index contributed by atoms with van der Waals surface area (Å²) in [5, 5.41) is 5.44. The van der Waals surface area contributed by atoms with Gasteiger partial charge in [-0.05, 0) is 12.8 Å². The number of carbonyl (C=O) groups is 4. The average molecular weight is 308 g/mol. The first-order valence-electron chi connectivity index (χ1n) is 7.70. The van der Waals surface area contributed by atoms with E-state index in [2.05, 4.69) is 10.6 Å². The van der Waals surface area contributed by atoms with Crippen molar-refractivity contribution in [3.63, 3.8) is 0 Å². The maximum atomic E-state index is 12.4. The van der Waals surface area contributed by atoms with Crippen LogP contribution in [0.4, 0.5) is 4.79 Å². The van der Waals surface area contributed by atoms with Crippen LogP contribution in [0.5, 0.6) is 0 Å². The molecule has 0 atom stereocenters. The molecule has 3 aliphatic rings. The molecular weight excluding hydrogens is 288 g/mol. The van der Waals surface area contributed by atoms with Gasteiger partial charge in [0.1, 0.15) is 5.54 Å². The Morgan fingerprint density at radius 2 is 1.91 bits per heavy atom. The number of imide groups is 1. The van der Waals surface area contributed by atoms with Gasteiger partial charge in [-0.2, -0.15) is 0 Å². The minimum Gasteiger partial charge on any atom is -0.353 e. The zero-order valence-corrected chi connectivity index (χ0v) is 12.4. The van der Waals surface area contributed by atoms with Crippen LogP contribution in [0.3, 0.4) is 0 Å². The van der Waals surface area contributed by atoms with Crippen LogP contribution in [0.2, 0.25) is 0 Å². The van der Waals surface area contributed by atoms with E-state index in [1.165, 1.54) is 4.90 Å². The standard InChI is InChI=1S/C14H20N4O4/c19-10-9-17(8-6-15-10)11(20)3-7-18-12(21)14(16-13(18)22)4-1-2-5-14/h1-9H2,(H,15,19)(H,16,22). The normalized spacial score (nSPS) is 23.9. The van der Waals surface area contributed by atoms with Crippen molar-refractivity contribution < 1.29 is 19.2 Å². The smallest absolute Gasteiger partial charge is 0.325 e. The summed E-state index contributed by atoms with van der Waals surface area (Å²) in [5.41, 5.74) is -0.731. The number of hydrogen-bond acceptors (Lipinski definition) is 4. The van der Waals surface area contributed by atoms with Crippen molar-refractivity contribution in [3.8, 4) is 0 Å². The molecule has 0 radical (unpaired) electrons. The third-order valence-corrected chi connectivity index (χ3v) is 4.64. The highest BCUT2D eigenvalue weighted by Crippen LogP contribution is 2.35. The van der Waals surface area contributed by atoms with Gasteiger partial charge in [0.25, 0.3) is 5.91 Å². The molecule has 1 aliphatic carbocycles. The van der Waals surface area contributed by atoms with Crippen LogP contribution < -0.4 is 10.6 Å². The number of urea groups is 1. The fourth-order valence-electron chi connectivity index (χ4n) is 3.41. The molecule has 2 N–H and O–H groups in total. The molecule has 0 unspecified atom stereocenters. The molecule has 3 fully saturated rings. The summed E-state index contributed by atoms with van der Waals surface area (Å²) in [7, 11) is 0. The lowest BCUT2D eigenvalue weighted by molar-refractivity contribution is -0.139. The summed E-state index contributed by atoms with van der Waals surface area (Å²) in [6.45, 7) is 1.03. The monoisotopic (exact) mass is 308 g/mol. The highest BCUT2D eigenvalue weighted by molar-refractivity contribution is 6.07. The topological polar surface area (TPSA) is 98.8 Å². The molecular formula is C14H20N4O4. The third kappa shape index (κ3) is 2.53. The number of nitrogens with zero attached hydrogens (tertiary/aromatic N) is 2. The molecule has 0 aromatic carbocycles. The number of rotatable bonds is 3. The van der Waals surface area contributed by atoms with Gasteiger partial charge in [-0.25, -0.2) is 4.79 Å². The van der Waals surface area contributed by atoms with Crippen molar-refractivity contribution in [1.82, 2.24) is 20.4 Å². The minimum atomic E-state index is -0.731. The van der Waals surface area contributed by atoms with Crippen molar-refractivity contribution in [3.05, 3.63) is 0 Å². The van der Waals surface area contributed by atoms with Crippen molar-refractivity contribution >= 4 is 23.8 Å². The van der Waals surface area contributed by atoms with E-state index in [-0.39, 0.29) is 37.2 Å². The van der Waals surface area contributed by atoms with Crippen LogP contribution in [-0.2, 0) is 14.4 Å². The molecule has 8 nitrogen and oxygen atoms in total. The fraction of sp³-hybridized carbons (Fsp3) is 0.714. The van der Waals surface area contributed by atoms with E-state index in [9.17, 15) is 19.2 Å². The molecule has 1 spiro atoms. The van der Waals surface area contributed by atoms with Crippen molar-refractivity contribution in [2.45, 2.75) is 37.6 Å². The molecule has 0 aromatic heterocycles. The molecule has 0 bridgehead atoms. The molecule has 5 amide bonds. The van der Waals surface area contributed by atoms with Crippen LogP contribution >= 0.6 is 0 Å². The number of carbonyl (C=O) groups excluding carboxylic acids is 4. The maximum absolute atomic E-state index is 12.4. The van der Waals surface area contributed by atoms with Gasteiger partial charge in [0, 0.05) is 26.1 Å². The Morgan fingerprint density at radius 3 is 2.59 bits per heavy atom. The number of nitrogens with one attached hydrogen (secondary N) is 2. The van der Waals surface area contributed by atoms with Crippen LogP contribution in [-0.4, -0.2) is 65.3 Å². The molecule has 120 valence electrons. The first kappa shape index (κ1) is 14.8. The summed E-state index contributed by atoms with van der Waals surface area (Å²) in [5.74, 6) is -0.596. The summed E-state index contributed by atoms with van der Waals surface area (Å²) in [6, 6.07) is -0.406. The second kappa shape index (κ2) is 5.58. The predicted octanol–water partition coefficient (Wildman–Crippen LogP) is -0.800. The number of amides is 5. The van der Waals surface area contributed by atoms with Crippen LogP contribution in [0.1, 0.15) is 32.1 Å². The van der Waals surface area contributed by atoms with E-state index >= 15 is 0 Å². The van der Waals surface area contributed by atoms with Gasteiger partial charge in [0.15, 0.2) is 0 Å². The van der Waals surface area contributed by atoms with E-state index in [4.69, 9.17) is 0 Å². The molecule has 2 heterocycles. The highest BCUT2D eigenvalue weighted by Gasteiger charge is 2.52. The summed E-state index contributed by atoms with van der Waals surface area (Å²) in [4.78, 5) is 50.4. The highest BCUT2D eigenvalue weighted by atomic mass is 16.2. The molecule has 3 rings (SSSR count). The van der Waals surface area contributed by atoms with E-state index in [1.807, 2.05) is 0 Å². The number of piperazine rings is 1. The molecule has 0 aromatic rings. The van der Waals surface area contributed by atoms with Gasteiger partial charge >= 0.3 is 6.03 Å². The molecule has 22 heavy (non-hydrogen) atoms. The van der Waals surface area contributed by atoms with E-state index in [1.54, 1.807) is 0 Å². The van der Waals surface area contributed by atoms with Crippen LogP contribution in [0.15, 0.2) is 0 Å². The Hall–Kier alpha value is -2.12. The van der Waals surface area contributed by atoms with Crippen molar-refractivity contribution in [2.24, 2.45) is 0 Å². The van der Waals surface area contributed by atoms with Crippen LogP contribution in [0, 0.1) is 0 Å². The Balaban J connectivity index is 1.57. The van der Waals surface area contributed by atoms with Gasteiger partial charge in [-0.3, -0.25) is 19.3 Å². The van der Waals surface area contributed by atoms with Crippen LogP contribution in [0.25, 0.3) is 0 Å². The van der Waals surface area contributed by atoms with Gasteiger partial charge < -0.3 is 15.5 Å². The van der Waals surface area contributed by atoms with Crippen molar-refractivity contribution in [2.75, 3.05) is 26.2 Å². The Labute approximate surface area is 128 Å². The van der Waals surface area contributed by atoms with Gasteiger partial charge in [0.05, 0.1) is 6.54 Å². The summed E-state index contributed by atoms with van der Waals surface area (Å²) in [6.07, 6.45) is 3.27. The lowest BCUT2D eigenvalue weighted by Crippen LogP contribution is -2.50. The zero-order valence-electron chi connectivity index (χ0n) is 12.4. The van der Waals surface area contributed by atoms with E-state index in [0.717, 1.165) is 17.7 Å². The van der Waals surface area contributed by atoms with Gasteiger partial charge in [-0.15, -0.1) is 0 Å². The average Bonchev–Trinajstić information content (AvgIpc) is 3.04. The predicted molar refractivity (Wildman–Crippen MR) is 75.7 cm³/mol. The lowest BCUT2D eigenvalue weighted by atomic mass is 9.98. The Kier molecular flexibility index (Phi) is 3.76. The quantitative estimate of drug-likeness (QED) is 0.667. The fourth-order valence-corrected chi connectivity index (χ4v) is 3.41. The second-order valence-electron chi connectivity index (χ2n) is 6.09. The SMILES string of the molecule is O=C1CN(C(=O)CCN2C(=O)NC3(CCCC3)C2=O)CCN1. The number of hydrogen-bond donors (Lipinski definition) is 2. The first-order valence-corrected chi connectivity index (χ1v) is 7.70. The largest absolute Gasteiger partial charge is 0.353 e. The van der Waals surface area contributed by atoms with Crippen molar-refractivity contribution in [1.29, 1.82) is 0 Å². The minimum absolute atomic E-state index is 0.0446. The molecule has 2 aliphatic heterocycles. The van der Waals surface area contributed by atoms with E-state index < -0.39 is 11.6 Å². The second-order valence-corrected chi connectivity index (χ2v) is 6.09. The molecule has 2 saturated heterocycles.